The Morgan fingerprint density at radius 1 is 1.33 bits per heavy atom. The zero-order valence-electron chi connectivity index (χ0n) is 13.9. The normalized spacial score (nSPS) is 17.8. The first-order chi connectivity index (χ1) is 11.5. The molecule has 8 nitrogen and oxygen atoms in total. The number of morpholine rings is 1. The molecule has 0 spiro atoms. The highest BCUT2D eigenvalue weighted by Crippen LogP contribution is 2.17. The van der Waals surface area contributed by atoms with Gasteiger partial charge in [-0.2, -0.15) is 0 Å². The largest absolute Gasteiger partial charge is 0.484 e. The van der Waals surface area contributed by atoms with Crippen LogP contribution in [0.5, 0.6) is 5.75 Å². The van der Waals surface area contributed by atoms with Crippen molar-refractivity contribution in [3.8, 4) is 5.75 Å². The maximum Gasteiger partial charge on any atom is 0.269 e. The van der Waals surface area contributed by atoms with Gasteiger partial charge in [0.2, 0.25) is 0 Å². The van der Waals surface area contributed by atoms with Gasteiger partial charge in [0.15, 0.2) is 6.61 Å². The van der Waals surface area contributed by atoms with Crippen molar-refractivity contribution < 1.29 is 19.2 Å². The van der Waals surface area contributed by atoms with Crippen LogP contribution in [0, 0.1) is 10.1 Å². The standard InChI is InChI=1S/C16H23N3O5/c1-12(13(2)18-7-9-23-10-8-18)17-16(20)11-24-15-5-3-14(4-6-15)19(21)22/h3-6,12-13H,7-11H2,1-2H3,(H,17,20). The van der Waals surface area contributed by atoms with E-state index in [4.69, 9.17) is 9.47 Å². The number of carbonyl (C=O) groups is 1. The number of nitrogens with one attached hydrogen (secondary N) is 1. The quantitative estimate of drug-likeness (QED) is 0.593. The van der Waals surface area contributed by atoms with Crippen LogP contribution in [0.25, 0.3) is 0 Å². The molecule has 8 heteroatoms. The van der Waals surface area contributed by atoms with E-state index in [1.807, 2.05) is 6.92 Å². The zero-order chi connectivity index (χ0) is 17.5. The summed E-state index contributed by atoms with van der Waals surface area (Å²) < 4.78 is 10.7. The number of nitrogens with zero attached hydrogens (tertiary/aromatic N) is 2. The predicted octanol–water partition coefficient (Wildman–Crippen LogP) is 1.20. The van der Waals surface area contributed by atoms with Crippen LogP contribution in [-0.2, 0) is 9.53 Å². The molecule has 1 amide bonds. The zero-order valence-corrected chi connectivity index (χ0v) is 13.9. The summed E-state index contributed by atoms with van der Waals surface area (Å²) in [7, 11) is 0. The van der Waals surface area contributed by atoms with Gasteiger partial charge in [-0.15, -0.1) is 0 Å². The molecule has 1 aromatic carbocycles. The first-order valence-corrected chi connectivity index (χ1v) is 7.96. The minimum Gasteiger partial charge on any atom is -0.484 e. The highest BCUT2D eigenvalue weighted by molar-refractivity contribution is 5.77. The Hall–Kier alpha value is -2.19. The molecule has 1 fully saturated rings. The molecule has 24 heavy (non-hydrogen) atoms. The van der Waals surface area contributed by atoms with Crippen LogP contribution >= 0.6 is 0 Å². The molecule has 0 bridgehead atoms. The third kappa shape index (κ3) is 5.17. The van der Waals surface area contributed by atoms with Gasteiger partial charge < -0.3 is 14.8 Å². The fourth-order valence-corrected chi connectivity index (χ4v) is 2.53. The Balaban J connectivity index is 1.76. The fourth-order valence-electron chi connectivity index (χ4n) is 2.53. The number of benzene rings is 1. The first kappa shape index (κ1) is 18.2. The van der Waals surface area contributed by atoms with E-state index in [1.54, 1.807) is 0 Å². The minimum absolute atomic E-state index is 0.0141. The molecule has 0 aliphatic carbocycles. The van der Waals surface area contributed by atoms with Crippen molar-refractivity contribution in [3.05, 3.63) is 34.4 Å². The summed E-state index contributed by atoms with van der Waals surface area (Å²) in [6, 6.07) is 5.83. The minimum atomic E-state index is -0.481. The van der Waals surface area contributed by atoms with Crippen LogP contribution in [-0.4, -0.2) is 60.7 Å². The highest BCUT2D eigenvalue weighted by atomic mass is 16.6. The average molecular weight is 337 g/mol. The van der Waals surface area contributed by atoms with Crippen molar-refractivity contribution >= 4 is 11.6 Å². The average Bonchev–Trinajstić information content (AvgIpc) is 2.60. The van der Waals surface area contributed by atoms with Gasteiger partial charge in [0.05, 0.1) is 18.1 Å². The lowest BCUT2D eigenvalue weighted by Gasteiger charge is -2.35. The molecule has 2 unspecified atom stereocenters. The van der Waals surface area contributed by atoms with Crippen molar-refractivity contribution in [2.75, 3.05) is 32.9 Å². The molecule has 1 aliphatic heterocycles. The second-order valence-electron chi connectivity index (χ2n) is 5.78. The Morgan fingerprint density at radius 2 is 1.96 bits per heavy atom. The molecule has 0 saturated carbocycles. The lowest BCUT2D eigenvalue weighted by molar-refractivity contribution is -0.384. The van der Waals surface area contributed by atoms with E-state index < -0.39 is 4.92 Å². The number of amides is 1. The van der Waals surface area contributed by atoms with E-state index in [0.29, 0.717) is 19.0 Å². The summed E-state index contributed by atoms with van der Waals surface area (Å²) in [6.07, 6.45) is 0. The lowest BCUT2D eigenvalue weighted by atomic mass is 10.1. The number of carbonyl (C=O) groups excluding carboxylic acids is 1. The van der Waals surface area contributed by atoms with Crippen LogP contribution in [0.2, 0.25) is 0 Å². The molecular weight excluding hydrogens is 314 g/mol. The van der Waals surface area contributed by atoms with Crippen LogP contribution in [0.15, 0.2) is 24.3 Å². The van der Waals surface area contributed by atoms with E-state index >= 15 is 0 Å². The Kier molecular flexibility index (Phi) is 6.51. The molecule has 1 saturated heterocycles. The van der Waals surface area contributed by atoms with Crippen molar-refractivity contribution in [1.82, 2.24) is 10.2 Å². The predicted molar refractivity (Wildman–Crippen MR) is 88.1 cm³/mol. The van der Waals surface area contributed by atoms with Crippen LogP contribution in [0.4, 0.5) is 5.69 Å². The highest BCUT2D eigenvalue weighted by Gasteiger charge is 2.23. The second kappa shape index (κ2) is 8.60. The summed E-state index contributed by atoms with van der Waals surface area (Å²) >= 11 is 0. The molecule has 132 valence electrons. The molecule has 1 aromatic rings. The van der Waals surface area contributed by atoms with E-state index in [-0.39, 0.29) is 30.3 Å². The lowest BCUT2D eigenvalue weighted by Crippen LogP contribution is -2.52. The van der Waals surface area contributed by atoms with Gasteiger partial charge >= 0.3 is 0 Å². The van der Waals surface area contributed by atoms with Crippen molar-refractivity contribution in [2.24, 2.45) is 0 Å². The van der Waals surface area contributed by atoms with E-state index in [1.165, 1.54) is 24.3 Å². The van der Waals surface area contributed by atoms with Crippen molar-refractivity contribution in [2.45, 2.75) is 25.9 Å². The first-order valence-electron chi connectivity index (χ1n) is 7.96. The molecule has 1 aliphatic rings. The molecule has 0 aromatic heterocycles. The summed E-state index contributed by atoms with van der Waals surface area (Å²) in [5.41, 5.74) is -0.0141. The third-order valence-electron chi connectivity index (χ3n) is 4.15. The summed E-state index contributed by atoms with van der Waals surface area (Å²) in [5, 5.41) is 13.5. The van der Waals surface area contributed by atoms with Crippen molar-refractivity contribution in [1.29, 1.82) is 0 Å². The van der Waals surface area contributed by atoms with Crippen LogP contribution < -0.4 is 10.1 Å². The number of hydrogen-bond donors (Lipinski definition) is 1. The van der Waals surface area contributed by atoms with Gasteiger partial charge in [0.1, 0.15) is 5.75 Å². The number of rotatable bonds is 7. The topological polar surface area (TPSA) is 93.9 Å². The van der Waals surface area contributed by atoms with E-state index in [9.17, 15) is 14.9 Å². The summed E-state index contributed by atoms with van der Waals surface area (Å²) in [5.74, 6) is 0.200. The smallest absolute Gasteiger partial charge is 0.269 e. The molecular formula is C16H23N3O5. The van der Waals surface area contributed by atoms with Gasteiger partial charge in [-0.25, -0.2) is 0 Å². The van der Waals surface area contributed by atoms with Crippen molar-refractivity contribution in [3.63, 3.8) is 0 Å². The molecule has 2 rings (SSSR count). The Morgan fingerprint density at radius 3 is 2.54 bits per heavy atom. The number of nitro benzene ring substituents is 1. The van der Waals surface area contributed by atoms with Crippen LogP contribution in [0.1, 0.15) is 13.8 Å². The number of nitro groups is 1. The van der Waals surface area contributed by atoms with Gasteiger partial charge in [0, 0.05) is 37.3 Å². The monoisotopic (exact) mass is 337 g/mol. The number of non-ortho nitro benzene ring substituents is 1. The van der Waals surface area contributed by atoms with Gasteiger partial charge in [-0.1, -0.05) is 0 Å². The van der Waals surface area contributed by atoms with Gasteiger partial charge in [0.25, 0.3) is 11.6 Å². The maximum atomic E-state index is 12.0. The van der Waals surface area contributed by atoms with Gasteiger partial charge in [-0.3, -0.25) is 19.8 Å². The fraction of sp³-hybridized carbons (Fsp3) is 0.562. The van der Waals surface area contributed by atoms with E-state index in [0.717, 1.165) is 13.1 Å². The Bertz CT molecular complexity index is 557. The molecule has 1 heterocycles. The second-order valence-corrected chi connectivity index (χ2v) is 5.78. The third-order valence-corrected chi connectivity index (χ3v) is 4.15. The SMILES string of the molecule is CC(NC(=O)COc1ccc([N+](=O)[O-])cc1)C(C)N1CCOCC1. The van der Waals surface area contributed by atoms with Gasteiger partial charge in [-0.05, 0) is 26.0 Å². The summed E-state index contributed by atoms with van der Waals surface area (Å²) in [4.78, 5) is 24.4. The summed E-state index contributed by atoms with van der Waals surface area (Å²) in [6.45, 7) is 7.07. The van der Waals surface area contributed by atoms with Crippen LogP contribution in [0.3, 0.4) is 0 Å². The number of hydrogen-bond acceptors (Lipinski definition) is 6. The van der Waals surface area contributed by atoms with E-state index in [2.05, 4.69) is 17.1 Å². The maximum absolute atomic E-state index is 12.0. The molecule has 0 radical (unpaired) electrons. The Labute approximate surface area is 140 Å². The number of ether oxygens (including phenoxy) is 2. The molecule has 2 atom stereocenters. The molecule has 1 N–H and O–H groups in total.